The molecule has 310 valence electrons. The van der Waals surface area contributed by atoms with Crippen molar-refractivity contribution in [2.75, 3.05) is 13.9 Å². The van der Waals surface area contributed by atoms with Crippen molar-refractivity contribution >= 4 is 28.2 Å². The number of rotatable bonds is 11. The number of benzene rings is 5. The third-order valence-electron chi connectivity index (χ3n) is 10.8. The van der Waals surface area contributed by atoms with Gasteiger partial charge in [-0.2, -0.15) is 8.42 Å². The topological polar surface area (TPSA) is 130 Å². The highest BCUT2D eigenvalue weighted by Gasteiger charge is 2.53. The second kappa shape index (κ2) is 16.3. The molecule has 0 aromatic heterocycles. The molecule has 5 aromatic carbocycles. The van der Waals surface area contributed by atoms with E-state index in [-0.39, 0.29) is 48.5 Å². The second-order valence-corrected chi connectivity index (χ2v) is 16.9. The molecule has 0 saturated carbocycles. The summed E-state index contributed by atoms with van der Waals surface area (Å²) >= 11 is 0. The van der Waals surface area contributed by atoms with Gasteiger partial charge in [0.15, 0.2) is 28.7 Å². The van der Waals surface area contributed by atoms with Gasteiger partial charge in [-0.25, -0.2) is 4.79 Å². The van der Waals surface area contributed by atoms with E-state index in [2.05, 4.69) is 0 Å². The fourth-order valence-corrected chi connectivity index (χ4v) is 9.07. The third kappa shape index (κ3) is 7.61. The van der Waals surface area contributed by atoms with Crippen molar-refractivity contribution in [3.63, 3.8) is 0 Å². The predicted octanol–water partition coefficient (Wildman–Crippen LogP) is 8.59. The van der Waals surface area contributed by atoms with Crippen LogP contribution in [0.3, 0.4) is 0 Å². The number of ether oxygens (including phenoxy) is 5. The largest absolute Gasteiger partial charge is 0.493 e. The Balaban J connectivity index is 1.40. The molecule has 12 nitrogen and oxygen atoms in total. The standard InChI is InChI=1S/C47H46N2O10S/c1-28(2)58-47(51)49-38-22-34-21-30(4)42(54-6)45(55-26-33-15-11-8-12-16-33)40(34)41(49)37(48(46(38)50)25-32-13-9-7-10-14-32)23-35-24-39-44(57-27-56-39)31(5)43(35)59-60(52,53)36-19-17-29(3)18-20-36/h7-21,23-24,28,38,41H,22,25-27H2,1-6H3/b37-23+/t38-,41-/m0/s1. The van der Waals surface area contributed by atoms with Gasteiger partial charge in [0.25, 0.3) is 0 Å². The summed E-state index contributed by atoms with van der Waals surface area (Å²) in [6.07, 6.45) is 0.662. The Kier molecular flexibility index (Phi) is 10.9. The molecule has 0 spiro atoms. The molecule has 1 fully saturated rings. The quantitative estimate of drug-likeness (QED) is 0.119. The highest BCUT2D eigenvalue weighted by Crippen LogP contribution is 2.53. The lowest BCUT2D eigenvalue weighted by Crippen LogP contribution is -2.61. The number of aryl methyl sites for hydroxylation is 2. The summed E-state index contributed by atoms with van der Waals surface area (Å²) in [6, 6.07) is 27.2. The van der Waals surface area contributed by atoms with Crippen LogP contribution in [0.4, 0.5) is 4.79 Å². The van der Waals surface area contributed by atoms with Crippen molar-refractivity contribution in [2.45, 2.75) is 77.3 Å². The van der Waals surface area contributed by atoms with Crippen LogP contribution in [0, 0.1) is 20.8 Å². The van der Waals surface area contributed by atoms with E-state index in [1.54, 1.807) is 57.1 Å². The normalized spacial score (nSPS) is 17.4. The maximum atomic E-state index is 15.1. The molecule has 8 rings (SSSR count). The Labute approximate surface area is 350 Å². The first-order chi connectivity index (χ1) is 28.8. The number of amides is 2. The van der Waals surface area contributed by atoms with Crippen molar-refractivity contribution in [2.24, 2.45) is 0 Å². The van der Waals surface area contributed by atoms with E-state index in [0.29, 0.717) is 39.8 Å². The fraction of sp³-hybridized carbons (Fsp3) is 0.277. The lowest BCUT2D eigenvalue weighted by molar-refractivity contribution is -0.141. The molecular formula is C47H46N2O10S. The van der Waals surface area contributed by atoms with Gasteiger partial charge < -0.3 is 32.8 Å². The van der Waals surface area contributed by atoms with Gasteiger partial charge in [0.2, 0.25) is 12.7 Å². The van der Waals surface area contributed by atoms with E-state index in [4.69, 9.17) is 27.9 Å². The Morgan fingerprint density at radius 1 is 0.883 bits per heavy atom. The predicted molar refractivity (Wildman–Crippen MR) is 223 cm³/mol. The van der Waals surface area contributed by atoms with Crippen molar-refractivity contribution in [3.05, 3.63) is 147 Å². The van der Waals surface area contributed by atoms with E-state index in [9.17, 15) is 13.2 Å². The Morgan fingerprint density at radius 3 is 2.23 bits per heavy atom. The lowest BCUT2D eigenvalue weighted by atomic mass is 9.80. The molecule has 1 saturated heterocycles. The minimum atomic E-state index is -4.39. The SMILES string of the molecule is COc1c(C)cc2c(c1OCc1ccccc1)[C@@H]1/C(=C\c3cc4c(c(C)c3OS(=O)(=O)c3ccc(C)cc3)OCO4)N(Cc3ccccc3)C(=O)[C@H](C2)N1C(=O)OC(C)C. The number of carbonyl (C=O) groups is 2. The summed E-state index contributed by atoms with van der Waals surface area (Å²) in [5.74, 6) is 1.18. The van der Waals surface area contributed by atoms with E-state index < -0.39 is 34.4 Å². The van der Waals surface area contributed by atoms with Gasteiger partial charge >= 0.3 is 16.2 Å². The van der Waals surface area contributed by atoms with Crippen LogP contribution in [0.15, 0.2) is 108 Å². The molecule has 0 unspecified atom stereocenters. The number of fused-ring (bicyclic) bond motifs is 5. The molecule has 3 aliphatic rings. The molecule has 2 bridgehead atoms. The Morgan fingerprint density at radius 2 is 1.57 bits per heavy atom. The van der Waals surface area contributed by atoms with E-state index in [1.807, 2.05) is 80.6 Å². The summed E-state index contributed by atoms with van der Waals surface area (Å²) in [5, 5.41) is 0. The highest BCUT2D eigenvalue weighted by atomic mass is 32.2. The summed E-state index contributed by atoms with van der Waals surface area (Å²) in [7, 11) is -2.82. The minimum absolute atomic E-state index is 0.0315. The van der Waals surface area contributed by atoms with Gasteiger partial charge in [-0.3, -0.25) is 9.69 Å². The van der Waals surface area contributed by atoms with Crippen LogP contribution in [0.2, 0.25) is 0 Å². The van der Waals surface area contributed by atoms with Crippen LogP contribution in [0.25, 0.3) is 6.08 Å². The van der Waals surface area contributed by atoms with E-state index >= 15 is 4.79 Å². The molecule has 60 heavy (non-hydrogen) atoms. The zero-order valence-electron chi connectivity index (χ0n) is 34.3. The number of hydrogen-bond acceptors (Lipinski definition) is 10. The molecule has 3 heterocycles. The monoisotopic (exact) mass is 830 g/mol. The third-order valence-corrected chi connectivity index (χ3v) is 12.1. The highest BCUT2D eigenvalue weighted by molar-refractivity contribution is 7.87. The molecule has 5 aromatic rings. The van der Waals surface area contributed by atoms with Crippen molar-refractivity contribution in [3.8, 4) is 28.7 Å². The fourth-order valence-electron chi connectivity index (χ4n) is 8.07. The van der Waals surface area contributed by atoms with E-state index in [1.165, 1.54) is 17.0 Å². The number of piperazine rings is 1. The number of hydrogen-bond donors (Lipinski definition) is 0. The molecule has 2 atom stereocenters. The summed E-state index contributed by atoms with van der Waals surface area (Å²) in [5.41, 5.74) is 5.78. The number of nitrogens with zero attached hydrogens (tertiary/aromatic N) is 2. The smallest absolute Gasteiger partial charge is 0.411 e. The van der Waals surface area contributed by atoms with Crippen LogP contribution in [0.1, 0.15) is 64.4 Å². The van der Waals surface area contributed by atoms with Crippen LogP contribution >= 0.6 is 0 Å². The molecule has 0 N–H and O–H groups in total. The van der Waals surface area contributed by atoms with Gasteiger partial charge in [-0.1, -0.05) is 84.4 Å². The maximum absolute atomic E-state index is 15.1. The molecule has 13 heteroatoms. The minimum Gasteiger partial charge on any atom is -0.493 e. The molecular weight excluding hydrogens is 785 g/mol. The Bertz CT molecular complexity index is 2590. The first-order valence-corrected chi connectivity index (χ1v) is 21.1. The molecule has 2 amide bonds. The molecule has 0 aliphatic carbocycles. The molecule has 0 radical (unpaired) electrons. The van der Waals surface area contributed by atoms with Gasteiger partial charge in [-0.05, 0) is 81.1 Å². The average Bonchev–Trinajstić information content (AvgIpc) is 3.70. The van der Waals surface area contributed by atoms with Crippen molar-refractivity contribution < 1.29 is 45.9 Å². The van der Waals surface area contributed by atoms with Gasteiger partial charge in [0, 0.05) is 28.8 Å². The van der Waals surface area contributed by atoms with Gasteiger partial charge in [-0.15, -0.1) is 0 Å². The summed E-state index contributed by atoms with van der Waals surface area (Å²) in [6.45, 7) is 9.18. The van der Waals surface area contributed by atoms with Gasteiger partial charge in [0.05, 0.1) is 19.8 Å². The zero-order valence-corrected chi connectivity index (χ0v) is 35.1. The van der Waals surface area contributed by atoms with Crippen molar-refractivity contribution in [1.29, 1.82) is 0 Å². The number of carbonyl (C=O) groups excluding carboxylic acids is 2. The van der Waals surface area contributed by atoms with Crippen LogP contribution in [-0.2, 0) is 39.2 Å². The first-order valence-electron chi connectivity index (χ1n) is 19.7. The van der Waals surface area contributed by atoms with E-state index in [0.717, 1.165) is 27.8 Å². The van der Waals surface area contributed by atoms with Crippen LogP contribution < -0.4 is 23.1 Å². The van der Waals surface area contributed by atoms with Crippen molar-refractivity contribution in [1.82, 2.24) is 9.80 Å². The summed E-state index contributed by atoms with van der Waals surface area (Å²) in [4.78, 5) is 32.7. The van der Waals surface area contributed by atoms with Crippen LogP contribution in [0.5, 0.6) is 28.7 Å². The second-order valence-electron chi connectivity index (χ2n) is 15.3. The zero-order chi connectivity index (χ0) is 42.3. The maximum Gasteiger partial charge on any atom is 0.411 e. The van der Waals surface area contributed by atoms with Crippen LogP contribution in [-0.4, -0.2) is 56.3 Å². The summed E-state index contributed by atoms with van der Waals surface area (Å²) < 4.78 is 64.4. The lowest BCUT2D eigenvalue weighted by Gasteiger charge is -2.51. The number of methoxy groups -OCH3 is 1. The first kappa shape index (κ1) is 40.3. The average molecular weight is 831 g/mol. The molecule has 3 aliphatic heterocycles. The Hall–Kier alpha value is -6.47. The van der Waals surface area contributed by atoms with Gasteiger partial charge in [0.1, 0.15) is 23.6 Å².